The summed E-state index contributed by atoms with van der Waals surface area (Å²) in [6.45, 7) is 4.11. The lowest BCUT2D eigenvalue weighted by Gasteiger charge is -2.22. The molecule has 0 radical (unpaired) electrons. The van der Waals surface area contributed by atoms with Gasteiger partial charge >= 0.3 is 5.97 Å². The van der Waals surface area contributed by atoms with E-state index in [9.17, 15) is 9.59 Å². The van der Waals surface area contributed by atoms with Crippen molar-refractivity contribution in [2.75, 3.05) is 6.61 Å². The molecule has 39 heavy (non-hydrogen) atoms. The molecule has 4 aromatic rings. The van der Waals surface area contributed by atoms with E-state index in [1.165, 1.54) is 11.1 Å². The lowest BCUT2D eigenvalue weighted by atomic mass is 9.80. The van der Waals surface area contributed by atoms with Crippen molar-refractivity contribution in [2.24, 2.45) is 5.73 Å². The largest absolute Gasteiger partial charge is 0.465 e. The van der Waals surface area contributed by atoms with Crippen LogP contribution < -0.4 is 5.73 Å². The molecule has 1 aromatic heterocycles. The van der Waals surface area contributed by atoms with Gasteiger partial charge in [-0.15, -0.1) is 0 Å². The van der Waals surface area contributed by atoms with Crippen LogP contribution in [-0.2, 0) is 26.2 Å². The third kappa shape index (κ3) is 4.34. The standard InChI is InChI=1S/C33H32N2O4/c1-3-38-32(37)33(18-19-33)25-15-12-22(13-16-25)21-8-10-24(11-9-21)30-28(20(2)35-39-30)29(31(34)36)27-17-14-23-6-4-5-7-26(23)27/h4-13,15-16,27,29H,3,14,17-19H2,1-2H3,(H2,34,36)/t27-,29?/m1/s1. The molecule has 0 saturated heterocycles. The van der Waals surface area contributed by atoms with Crippen molar-refractivity contribution in [2.45, 2.75) is 56.8 Å². The molecule has 2 N–H and O–H groups in total. The fourth-order valence-electron chi connectivity index (χ4n) is 6.23. The zero-order valence-corrected chi connectivity index (χ0v) is 22.3. The van der Waals surface area contributed by atoms with Gasteiger partial charge in [0, 0.05) is 17.0 Å². The molecule has 2 aliphatic carbocycles. The third-order valence-electron chi connectivity index (χ3n) is 8.44. The Hall–Kier alpha value is -4.19. The number of hydrogen-bond donors (Lipinski definition) is 1. The Bertz CT molecular complexity index is 1530. The number of aryl methyl sites for hydroxylation is 2. The molecule has 1 fully saturated rings. The summed E-state index contributed by atoms with van der Waals surface area (Å²) in [6, 6.07) is 24.5. The van der Waals surface area contributed by atoms with Crippen molar-refractivity contribution in [1.82, 2.24) is 5.16 Å². The van der Waals surface area contributed by atoms with E-state index >= 15 is 0 Å². The van der Waals surface area contributed by atoms with Crippen LogP contribution in [0.15, 0.2) is 77.3 Å². The molecule has 198 valence electrons. The molecule has 1 saturated carbocycles. The smallest absolute Gasteiger partial charge is 0.316 e. The average molecular weight is 521 g/mol. The third-order valence-corrected chi connectivity index (χ3v) is 8.44. The zero-order chi connectivity index (χ0) is 27.1. The maximum Gasteiger partial charge on any atom is 0.316 e. The SMILES string of the molecule is CCOC(=O)C1(c2ccc(-c3ccc(-c4onc(C)c4C(C(N)=O)[C@@H]4CCc5ccccc54)cc3)cc2)CC1. The second-order valence-electron chi connectivity index (χ2n) is 10.7. The summed E-state index contributed by atoms with van der Waals surface area (Å²) in [5, 5.41) is 4.25. The number of nitrogens with two attached hydrogens (primary N) is 1. The van der Waals surface area contributed by atoms with Crippen molar-refractivity contribution in [3.8, 4) is 22.5 Å². The Kier molecular flexibility index (Phi) is 6.34. The predicted octanol–water partition coefficient (Wildman–Crippen LogP) is 6.21. The lowest BCUT2D eigenvalue weighted by molar-refractivity contribution is -0.146. The Labute approximate surface area is 228 Å². The second kappa shape index (κ2) is 9.84. The molecule has 2 aliphatic rings. The topological polar surface area (TPSA) is 95.4 Å². The molecular weight excluding hydrogens is 488 g/mol. The minimum absolute atomic E-state index is 0.00212. The summed E-state index contributed by atoms with van der Waals surface area (Å²) < 4.78 is 11.1. The summed E-state index contributed by atoms with van der Waals surface area (Å²) in [5.74, 6) is -0.422. The molecule has 1 unspecified atom stereocenters. The number of hydrogen-bond acceptors (Lipinski definition) is 5. The van der Waals surface area contributed by atoms with Gasteiger partial charge in [-0.3, -0.25) is 9.59 Å². The fourth-order valence-corrected chi connectivity index (χ4v) is 6.23. The van der Waals surface area contributed by atoms with Crippen LogP contribution in [0.4, 0.5) is 0 Å². The van der Waals surface area contributed by atoms with E-state index < -0.39 is 11.3 Å². The van der Waals surface area contributed by atoms with Gasteiger partial charge in [0.15, 0.2) is 5.76 Å². The van der Waals surface area contributed by atoms with Crippen LogP contribution in [0, 0.1) is 6.92 Å². The minimum atomic E-state index is -0.517. The molecule has 6 heteroatoms. The van der Waals surface area contributed by atoms with Gasteiger partial charge in [0.1, 0.15) is 0 Å². The van der Waals surface area contributed by atoms with Gasteiger partial charge in [0.25, 0.3) is 0 Å². The van der Waals surface area contributed by atoms with Crippen LogP contribution in [-0.4, -0.2) is 23.6 Å². The summed E-state index contributed by atoms with van der Waals surface area (Å²) in [5.41, 5.74) is 13.4. The van der Waals surface area contributed by atoms with Crippen molar-refractivity contribution in [1.29, 1.82) is 0 Å². The van der Waals surface area contributed by atoms with Gasteiger partial charge < -0.3 is 15.0 Å². The van der Waals surface area contributed by atoms with Crippen molar-refractivity contribution in [3.05, 3.63) is 101 Å². The number of ether oxygens (including phenoxy) is 1. The predicted molar refractivity (Wildman–Crippen MR) is 149 cm³/mol. The number of carbonyl (C=O) groups excluding carboxylic acids is 2. The number of rotatable bonds is 8. The summed E-state index contributed by atoms with van der Waals surface area (Å²) in [4.78, 5) is 25.3. The maximum atomic E-state index is 12.9. The summed E-state index contributed by atoms with van der Waals surface area (Å²) in [6.07, 6.45) is 3.46. The van der Waals surface area contributed by atoms with Gasteiger partial charge in [0.05, 0.1) is 23.6 Å². The highest BCUT2D eigenvalue weighted by Gasteiger charge is 2.52. The van der Waals surface area contributed by atoms with E-state index in [0.717, 1.165) is 53.5 Å². The van der Waals surface area contributed by atoms with E-state index in [2.05, 4.69) is 17.3 Å². The molecule has 1 amide bonds. The monoisotopic (exact) mass is 520 g/mol. The summed E-state index contributed by atoms with van der Waals surface area (Å²) in [7, 11) is 0. The summed E-state index contributed by atoms with van der Waals surface area (Å²) >= 11 is 0. The highest BCUT2D eigenvalue weighted by Crippen LogP contribution is 2.50. The number of nitrogens with zero attached hydrogens (tertiary/aromatic N) is 1. The molecule has 1 heterocycles. The normalized spacial score (nSPS) is 17.8. The van der Waals surface area contributed by atoms with Crippen LogP contribution in [0.25, 0.3) is 22.5 Å². The van der Waals surface area contributed by atoms with E-state index in [4.69, 9.17) is 15.0 Å². The van der Waals surface area contributed by atoms with Gasteiger partial charge in [-0.25, -0.2) is 0 Å². The van der Waals surface area contributed by atoms with Crippen LogP contribution in [0.5, 0.6) is 0 Å². The first kappa shape index (κ1) is 25.1. The minimum Gasteiger partial charge on any atom is -0.465 e. The first-order valence-electron chi connectivity index (χ1n) is 13.6. The molecule has 0 spiro atoms. The molecule has 6 nitrogen and oxygen atoms in total. The number of carbonyl (C=O) groups is 2. The second-order valence-corrected chi connectivity index (χ2v) is 10.7. The van der Waals surface area contributed by atoms with Crippen molar-refractivity contribution in [3.63, 3.8) is 0 Å². The molecule has 3 aromatic carbocycles. The van der Waals surface area contributed by atoms with Crippen LogP contribution in [0.3, 0.4) is 0 Å². The average Bonchev–Trinajstić information content (AvgIpc) is 3.54. The van der Waals surface area contributed by atoms with Gasteiger partial charge in [-0.2, -0.15) is 0 Å². The Morgan fingerprint density at radius 2 is 1.64 bits per heavy atom. The number of aromatic nitrogens is 1. The van der Waals surface area contributed by atoms with E-state index in [1.807, 2.05) is 74.5 Å². The first-order valence-corrected chi connectivity index (χ1v) is 13.6. The number of amides is 1. The van der Waals surface area contributed by atoms with Crippen molar-refractivity contribution >= 4 is 11.9 Å². The molecular formula is C33H32N2O4. The molecule has 2 atom stereocenters. The van der Waals surface area contributed by atoms with Crippen LogP contribution >= 0.6 is 0 Å². The lowest BCUT2D eigenvalue weighted by Crippen LogP contribution is -2.27. The number of fused-ring (bicyclic) bond motifs is 1. The Morgan fingerprint density at radius 1 is 1.00 bits per heavy atom. The van der Waals surface area contributed by atoms with Gasteiger partial charge in [0.2, 0.25) is 5.91 Å². The fraction of sp³-hybridized carbons (Fsp3) is 0.303. The molecule has 6 rings (SSSR count). The van der Waals surface area contributed by atoms with Crippen molar-refractivity contribution < 1.29 is 18.8 Å². The number of primary amides is 1. The quantitative estimate of drug-likeness (QED) is 0.279. The van der Waals surface area contributed by atoms with Gasteiger partial charge in [-0.1, -0.05) is 78.0 Å². The van der Waals surface area contributed by atoms with E-state index in [-0.39, 0.29) is 17.8 Å². The zero-order valence-electron chi connectivity index (χ0n) is 22.3. The number of esters is 1. The molecule has 0 bridgehead atoms. The van der Waals surface area contributed by atoms with E-state index in [1.54, 1.807) is 0 Å². The van der Waals surface area contributed by atoms with Gasteiger partial charge in [-0.05, 0) is 67.3 Å². The number of benzene rings is 3. The maximum absolute atomic E-state index is 12.9. The molecule has 0 aliphatic heterocycles. The first-order chi connectivity index (χ1) is 18.9. The Balaban J connectivity index is 1.28. The van der Waals surface area contributed by atoms with E-state index in [0.29, 0.717) is 18.1 Å². The highest BCUT2D eigenvalue weighted by atomic mass is 16.5. The Morgan fingerprint density at radius 3 is 2.28 bits per heavy atom. The van der Waals surface area contributed by atoms with Crippen LogP contribution in [0.1, 0.15) is 66.0 Å². The van der Waals surface area contributed by atoms with Crippen LogP contribution in [0.2, 0.25) is 0 Å². The highest BCUT2D eigenvalue weighted by molar-refractivity contribution is 5.87.